The second-order valence-corrected chi connectivity index (χ2v) is 4.99. The largest absolute Gasteiger partial charge is 0.294 e. The van der Waals surface area contributed by atoms with E-state index >= 15 is 0 Å². The van der Waals surface area contributed by atoms with E-state index in [9.17, 15) is 30.4 Å². The number of rotatable bonds is 1. The Hall–Kier alpha value is -2.00. The maximum absolute atomic E-state index is 12.0. The van der Waals surface area contributed by atoms with Crippen LogP contribution in [0.5, 0.6) is 0 Å². The topological polar surface area (TPSA) is 54.4 Å². The molecule has 9 heteroatoms. The highest BCUT2D eigenvalue weighted by atomic mass is 32.2. The fourth-order valence-electron chi connectivity index (χ4n) is 1.14. The molecular weight excluding hydrogens is 319 g/mol. The van der Waals surface area contributed by atoms with Gasteiger partial charge in [0.15, 0.2) is 23.3 Å². The van der Waals surface area contributed by atoms with Gasteiger partial charge in [-0.3, -0.25) is 4.55 Å². The number of hydrogen-bond donors (Lipinski definition) is 1. The van der Waals surface area contributed by atoms with E-state index in [2.05, 4.69) is 0 Å². The van der Waals surface area contributed by atoms with E-state index in [4.69, 9.17) is 4.55 Å². The molecule has 0 aliphatic carbocycles. The minimum Gasteiger partial charge on any atom is -0.282 e. The van der Waals surface area contributed by atoms with Crippen LogP contribution in [0, 0.1) is 29.1 Å². The van der Waals surface area contributed by atoms with Crippen molar-refractivity contribution in [1.29, 1.82) is 0 Å². The Labute approximate surface area is 116 Å². The summed E-state index contributed by atoms with van der Waals surface area (Å²) in [5.74, 6) is -9.65. The third-order valence-corrected chi connectivity index (χ3v) is 2.97. The predicted molar refractivity (Wildman–Crippen MR) is 62.5 cm³/mol. The van der Waals surface area contributed by atoms with E-state index in [1.807, 2.05) is 0 Å². The Bertz CT molecular complexity index is 706. The third kappa shape index (κ3) is 4.50. The van der Waals surface area contributed by atoms with Gasteiger partial charge in [0.1, 0.15) is 0 Å². The zero-order valence-electron chi connectivity index (χ0n) is 10.0. The zero-order chi connectivity index (χ0) is 16.2. The van der Waals surface area contributed by atoms with Crippen LogP contribution in [-0.2, 0) is 10.1 Å². The summed E-state index contributed by atoms with van der Waals surface area (Å²) in [6.45, 7) is 0. The standard InChI is InChI=1S/C6HF5.C6H6O3S/c7-2-1-3(8)5(10)6(11)4(2)9;7-10(8,9)6-4-2-1-3-5-6/h1H;1-5H,(H,7,8,9). The monoisotopic (exact) mass is 326 g/mol. The highest BCUT2D eigenvalue weighted by Crippen LogP contribution is 2.16. The molecule has 0 aromatic heterocycles. The van der Waals surface area contributed by atoms with Gasteiger partial charge in [-0.05, 0) is 12.1 Å². The van der Waals surface area contributed by atoms with E-state index < -0.39 is 39.2 Å². The molecule has 0 amide bonds. The minimum atomic E-state index is -4.00. The Morgan fingerprint density at radius 2 is 1.19 bits per heavy atom. The van der Waals surface area contributed by atoms with Gasteiger partial charge in [0.2, 0.25) is 5.82 Å². The molecule has 114 valence electrons. The lowest BCUT2D eigenvalue weighted by Crippen LogP contribution is -1.98. The van der Waals surface area contributed by atoms with Crippen molar-refractivity contribution < 1.29 is 34.9 Å². The molecule has 2 aromatic carbocycles. The quantitative estimate of drug-likeness (QED) is 0.379. The SMILES string of the molecule is Fc1cc(F)c(F)c(F)c1F.O=S(=O)(O)c1ccccc1. The van der Waals surface area contributed by atoms with Crippen LogP contribution in [0.2, 0.25) is 0 Å². The van der Waals surface area contributed by atoms with Gasteiger partial charge in [-0.25, -0.2) is 22.0 Å². The smallest absolute Gasteiger partial charge is 0.282 e. The molecule has 0 heterocycles. The number of benzene rings is 2. The summed E-state index contributed by atoms with van der Waals surface area (Å²) in [6, 6.07) is 7.36. The van der Waals surface area contributed by atoms with Gasteiger partial charge in [0.05, 0.1) is 4.90 Å². The van der Waals surface area contributed by atoms with Crippen molar-refractivity contribution in [1.82, 2.24) is 0 Å². The first-order valence-electron chi connectivity index (χ1n) is 5.15. The van der Waals surface area contributed by atoms with Crippen molar-refractivity contribution in [3.63, 3.8) is 0 Å². The Morgan fingerprint density at radius 3 is 1.52 bits per heavy atom. The summed E-state index contributed by atoms with van der Waals surface area (Å²) in [5, 5.41) is 0. The summed E-state index contributed by atoms with van der Waals surface area (Å²) >= 11 is 0. The molecular formula is C12H7F5O3S. The Kier molecular flexibility index (Phi) is 5.39. The molecule has 2 aromatic rings. The summed E-state index contributed by atoms with van der Waals surface area (Å²) in [5.41, 5.74) is 0. The summed E-state index contributed by atoms with van der Waals surface area (Å²) in [4.78, 5) is -0.0741. The van der Waals surface area contributed by atoms with Gasteiger partial charge >= 0.3 is 0 Å². The van der Waals surface area contributed by atoms with Crippen molar-refractivity contribution in [3.8, 4) is 0 Å². The molecule has 0 unspecified atom stereocenters. The molecule has 0 aliphatic heterocycles. The van der Waals surface area contributed by atoms with Crippen molar-refractivity contribution >= 4 is 10.1 Å². The molecule has 0 spiro atoms. The molecule has 3 nitrogen and oxygen atoms in total. The minimum absolute atomic E-state index is 0.0618. The highest BCUT2D eigenvalue weighted by molar-refractivity contribution is 7.85. The van der Waals surface area contributed by atoms with E-state index in [1.165, 1.54) is 12.1 Å². The van der Waals surface area contributed by atoms with Gasteiger partial charge in [0, 0.05) is 6.07 Å². The molecule has 0 saturated carbocycles. The lowest BCUT2D eigenvalue weighted by atomic mass is 10.3. The molecule has 1 N–H and O–H groups in total. The van der Waals surface area contributed by atoms with E-state index in [0.29, 0.717) is 0 Å². The lowest BCUT2D eigenvalue weighted by Gasteiger charge is -1.96. The normalized spacial score (nSPS) is 10.8. The van der Waals surface area contributed by atoms with Gasteiger partial charge in [-0.1, -0.05) is 18.2 Å². The third-order valence-electron chi connectivity index (χ3n) is 2.10. The van der Waals surface area contributed by atoms with Crippen molar-refractivity contribution in [3.05, 3.63) is 65.5 Å². The van der Waals surface area contributed by atoms with Crippen LogP contribution in [0.3, 0.4) is 0 Å². The maximum Gasteiger partial charge on any atom is 0.294 e. The van der Waals surface area contributed by atoms with E-state index in [1.54, 1.807) is 18.2 Å². The predicted octanol–water partition coefficient (Wildman–Crippen LogP) is 3.32. The summed E-state index contributed by atoms with van der Waals surface area (Å²) in [7, 11) is -4.00. The van der Waals surface area contributed by atoms with E-state index in [-0.39, 0.29) is 11.0 Å². The lowest BCUT2D eigenvalue weighted by molar-refractivity contribution is 0.378. The first-order chi connectivity index (χ1) is 9.64. The van der Waals surface area contributed by atoms with Crippen LogP contribution < -0.4 is 0 Å². The van der Waals surface area contributed by atoms with Gasteiger partial charge < -0.3 is 0 Å². The van der Waals surface area contributed by atoms with Crippen LogP contribution >= 0.6 is 0 Å². The van der Waals surface area contributed by atoms with Gasteiger partial charge in [-0.15, -0.1) is 0 Å². The number of halogens is 5. The molecule has 0 saturated heterocycles. The highest BCUT2D eigenvalue weighted by Gasteiger charge is 2.18. The maximum atomic E-state index is 12.0. The van der Waals surface area contributed by atoms with Crippen molar-refractivity contribution in [2.75, 3.05) is 0 Å². The second kappa shape index (κ2) is 6.64. The van der Waals surface area contributed by atoms with Crippen LogP contribution in [-0.4, -0.2) is 13.0 Å². The molecule has 0 bridgehead atoms. The average Bonchev–Trinajstić information content (AvgIpc) is 2.44. The second-order valence-electron chi connectivity index (χ2n) is 3.57. The molecule has 0 aliphatic rings. The van der Waals surface area contributed by atoms with Gasteiger partial charge in [0.25, 0.3) is 10.1 Å². The van der Waals surface area contributed by atoms with Crippen LogP contribution in [0.15, 0.2) is 41.3 Å². The Morgan fingerprint density at radius 1 is 0.762 bits per heavy atom. The Balaban J connectivity index is 0.000000211. The molecule has 0 radical (unpaired) electrons. The first kappa shape index (κ1) is 17.1. The average molecular weight is 326 g/mol. The molecule has 0 fully saturated rings. The fraction of sp³-hybridized carbons (Fsp3) is 0. The fourth-order valence-corrected chi connectivity index (χ4v) is 1.64. The van der Waals surface area contributed by atoms with Crippen LogP contribution in [0.4, 0.5) is 22.0 Å². The van der Waals surface area contributed by atoms with Gasteiger partial charge in [-0.2, -0.15) is 8.42 Å². The molecule has 2 rings (SSSR count). The summed E-state index contributed by atoms with van der Waals surface area (Å²) < 4.78 is 89.3. The van der Waals surface area contributed by atoms with Crippen LogP contribution in [0.1, 0.15) is 0 Å². The van der Waals surface area contributed by atoms with E-state index in [0.717, 1.165) is 0 Å². The first-order valence-corrected chi connectivity index (χ1v) is 6.59. The zero-order valence-corrected chi connectivity index (χ0v) is 10.8. The molecule has 21 heavy (non-hydrogen) atoms. The van der Waals surface area contributed by atoms with Crippen molar-refractivity contribution in [2.45, 2.75) is 4.90 Å². The van der Waals surface area contributed by atoms with Crippen LogP contribution in [0.25, 0.3) is 0 Å². The molecule has 0 atom stereocenters. The summed E-state index contributed by atoms with van der Waals surface area (Å²) in [6.07, 6.45) is 0. The number of hydrogen-bond acceptors (Lipinski definition) is 2. The van der Waals surface area contributed by atoms with Crippen molar-refractivity contribution in [2.24, 2.45) is 0 Å².